The Kier molecular flexibility index (Phi) is 5.42. The van der Waals surface area contributed by atoms with E-state index in [-0.39, 0.29) is 5.82 Å². The molecular weight excluding hydrogens is 429 g/mol. The molecule has 1 atom stereocenters. The first kappa shape index (κ1) is 21.1. The van der Waals surface area contributed by atoms with Crippen molar-refractivity contribution in [3.05, 3.63) is 30.9 Å². The second kappa shape index (κ2) is 8.20. The van der Waals surface area contributed by atoms with Gasteiger partial charge in [0.05, 0.1) is 5.69 Å². The molecule has 0 aliphatic heterocycles. The number of H-pyrrole nitrogens is 1. The molecule has 0 bridgehead atoms. The highest BCUT2D eigenvalue weighted by molar-refractivity contribution is 5.93. The summed E-state index contributed by atoms with van der Waals surface area (Å²) in [6, 6.07) is 2.33. The minimum atomic E-state index is -4.50. The average Bonchev–Trinajstić information content (AvgIpc) is 3.40. The van der Waals surface area contributed by atoms with E-state index in [2.05, 4.69) is 40.9 Å². The van der Waals surface area contributed by atoms with Crippen LogP contribution in [0.4, 0.5) is 19.0 Å². The van der Waals surface area contributed by atoms with Gasteiger partial charge in [0.25, 0.3) is 0 Å². The van der Waals surface area contributed by atoms with E-state index in [4.69, 9.17) is 0 Å². The first-order chi connectivity index (χ1) is 15.2. The molecule has 0 radical (unpaired) electrons. The monoisotopic (exact) mass is 446 g/mol. The largest absolute Gasteiger partial charge is 0.405 e. The van der Waals surface area contributed by atoms with Crippen LogP contribution in [0.25, 0.3) is 33.7 Å². The van der Waals surface area contributed by atoms with Gasteiger partial charge >= 0.3 is 6.18 Å². The Balaban J connectivity index is 1.70. The highest BCUT2D eigenvalue weighted by Gasteiger charge is 2.29. The molecule has 0 saturated carbocycles. The maximum absolute atomic E-state index is 12.4. The summed E-state index contributed by atoms with van der Waals surface area (Å²) in [5, 5.41) is 19.1. The van der Waals surface area contributed by atoms with Crippen LogP contribution >= 0.6 is 0 Å². The van der Waals surface area contributed by atoms with Gasteiger partial charge in [-0.3, -0.25) is 4.79 Å². The second-order valence-electron chi connectivity index (χ2n) is 6.99. The molecule has 4 aromatic rings. The molecule has 166 valence electrons. The third kappa shape index (κ3) is 4.48. The maximum atomic E-state index is 12.4. The molecule has 0 fully saturated rings. The summed E-state index contributed by atoms with van der Waals surface area (Å²) in [5.41, 5.74) is 2.47. The lowest BCUT2D eigenvalue weighted by atomic mass is 10.1. The van der Waals surface area contributed by atoms with E-state index in [1.807, 2.05) is 23.1 Å². The molecule has 0 aliphatic rings. The zero-order chi connectivity index (χ0) is 22.9. The van der Waals surface area contributed by atoms with Crippen molar-refractivity contribution in [3.63, 3.8) is 0 Å². The van der Waals surface area contributed by atoms with Crippen LogP contribution in [0.3, 0.4) is 0 Å². The van der Waals surface area contributed by atoms with Crippen molar-refractivity contribution < 1.29 is 18.0 Å². The SMILES string of the molecule is C[C@H](Nc1cc(-c2nnn[nH]2)cc(-c2cn(C)c3ncncc23)n1)C(=O)NCC(F)(F)F. The minimum absolute atomic E-state index is 0.248. The van der Waals surface area contributed by atoms with Gasteiger partial charge in [0.15, 0.2) is 5.82 Å². The Morgan fingerprint density at radius 1 is 1.31 bits per heavy atom. The van der Waals surface area contributed by atoms with Gasteiger partial charge < -0.3 is 15.2 Å². The molecule has 4 aromatic heterocycles. The highest BCUT2D eigenvalue weighted by atomic mass is 19.4. The van der Waals surface area contributed by atoms with Crippen LogP contribution in [-0.2, 0) is 11.8 Å². The van der Waals surface area contributed by atoms with Crippen LogP contribution in [0.1, 0.15) is 6.92 Å². The number of halogens is 3. The van der Waals surface area contributed by atoms with E-state index >= 15 is 0 Å². The van der Waals surface area contributed by atoms with Crippen molar-refractivity contribution in [2.75, 3.05) is 11.9 Å². The molecule has 32 heavy (non-hydrogen) atoms. The fourth-order valence-corrected chi connectivity index (χ4v) is 3.11. The van der Waals surface area contributed by atoms with Gasteiger partial charge in [0, 0.05) is 36.0 Å². The molecule has 0 saturated heterocycles. The summed E-state index contributed by atoms with van der Waals surface area (Å²) in [6.07, 6.45) is 0.413. The number of hydrogen-bond donors (Lipinski definition) is 3. The molecule has 11 nitrogen and oxygen atoms in total. The second-order valence-corrected chi connectivity index (χ2v) is 6.99. The van der Waals surface area contributed by atoms with E-state index in [0.29, 0.717) is 22.7 Å². The average molecular weight is 446 g/mol. The molecule has 0 aromatic carbocycles. The number of carbonyl (C=O) groups excluding carboxylic acids is 1. The summed E-state index contributed by atoms with van der Waals surface area (Å²) in [6.45, 7) is 0.0117. The fraction of sp³-hybridized carbons (Fsp3) is 0.278. The summed E-state index contributed by atoms with van der Waals surface area (Å²) in [5.74, 6) is -0.226. The number of tetrazole rings is 1. The third-order valence-electron chi connectivity index (χ3n) is 4.58. The van der Waals surface area contributed by atoms with E-state index in [0.717, 1.165) is 10.9 Å². The van der Waals surface area contributed by atoms with Gasteiger partial charge in [-0.2, -0.15) is 13.2 Å². The number of carbonyl (C=O) groups is 1. The summed E-state index contributed by atoms with van der Waals surface area (Å²) in [4.78, 5) is 25.0. The van der Waals surface area contributed by atoms with Gasteiger partial charge in [-0.1, -0.05) is 0 Å². The molecule has 0 spiro atoms. The number of hydrogen-bond acceptors (Lipinski definition) is 8. The molecule has 0 aliphatic carbocycles. The van der Waals surface area contributed by atoms with E-state index in [1.165, 1.54) is 13.3 Å². The molecule has 14 heteroatoms. The topological polar surface area (TPSA) is 139 Å². The quantitative estimate of drug-likeness (QED) is 0.407. The van der Waals surface area contributed by atoms with Gasteiger partial charge in [0.2, 0.25) is 5.91 Å². The smallest absolute Gasteiger partial charge is 0.359 e. The lowest BCUT2D eigenvalue weighted by Crippen LogP contribution is -2.42. The van der Waals surface area contributed by atoms with Crippen LogP contribution in [0.15, 0.2) is 30.9 Å². The number of aromatic amines is 1. The summed E-state index contributed by atoms with van der Waals surface area (Å²) in [7, 11) is 1.83. The van der Waals surface area contributed by atoms with Crippen LogP contribution in [0, 0.1) is 0 Å². The highest BCUT2D eigenvalue weighted by Crippen LogP contribution is 2.31. The van der Waals surface area contributed by atoms with Crippen LogP contribution in [-0.4, -0.2) is 64.8 Å². The van der Waals surface area contributed by atoms with Crippen molar-refractivity contribution >= 4 is 22.8 Å². The molecular formula is C18H17F3N10O. The van der Waals surface area contributed by atoms with Gasteiger partial charge in [0.1, 0.15) is 30.4 Å². The first-order valence-corrected chi connectivity index (χ1v) is 9.34. The Morgan fingerprint density at radius 2 is 2.12 bits per heavy atom. The van der Waals surface area contributed by atoms with E-state index in [9.17, 15) is 18.0 Å². The van der Waals surface area contributed by atoms with E-state index < -0.39 is 24.7 Å². The third-order valence-corrected chi connectivity index (χ3v) is 4.58. The number of pyridine rings is 1. The number of nitrogens with zero attached hydrogens (tertiary/aromatic N) is 7. The molecule has 4 heterocycles. The van der Waals surface area contributed by atoms with Crippen LogP contribution < -0.4 is 10.6 Å². The predicted molar refractivity (Wildman–Crippen MR) is 107 cm³/mol. The van der Waals surface area contributed by atoms with Crippen LogP contribution in [0.5, 0.6) is 0 Å². The number of rotatable bonds is 6. The van der Waals surface area contributed by atoms with Crippen LogP contribution in [0.2, 0.25) is 0 Å². The molecule has 4 rings (SSSR count). The number of alkyl halides is 3. The number of aromatic nitrogens is 8. The Hall–Kier alpha value is -4.10. The lowest BCUT2D eigenvalue weighted by molar-refractivity contribution is -0.138. The molecule has 1 amide bonds. The molecule has 3 N–H and O–H groups in total. The van der Waals surface area contributed by atoms with Gasteiger partial charge in [-0.25, -0.2) is 20.1 Å². The van der Waals surface area contributed by atoms with Crippen molar-refractivity contribution in [2.45, 2.75) is 19.1 Å². The fourth-order valence-electron chi connectivity index (χ4n) is 3.11. The van der Waals surface area contributed by atoms with Crippen molar-refractivity contribution in [2.24, 2.45) is 7.05 Å². The molecule has 0 unspecified atom stereocenters. The summed E-state index contributed by atoms with van der Waals surface area (Å²) >= 11 is 0. The Labute approximate surface area is 178 Å². The number of amides is 1. The zero-order valence-electron chi connectivity index (χ0n) is 16.8. The Bertz CT molecular complexity index is 1250. The van der Waals surface area contributed by atoms with E-state index in [1.54, 1.807) is 18.3 Å². The number of anilines is 1. The number of aryl methyl sites for hydroxylation is 1. The summed E-state index contributed by atoms with van der Waals surface area (Å²) < 4.78 is 39.0. The maximum Gasteiger partial charge on any atom is 0.405 e. The lowest BCUT2D eigenvalue weighted by Gasteiger charge is -2.16. The first-order valence-electron chi connectivity index (χ1n) is 9.34. The van der Waals surface area contributed by atoms with Gasteiger partial charge in [-0.05, 0) is 29.5 Å². The Morgan fingerprint density at radius 3 is 2.84 bits per heavy atom. The zero-order valence-corrected chi connectivity index (χ0v) is 16.8. The predicted octanol–water partition coefficient (Wildman–Crippen LogP) is 1.69. The number of nitrogens with one attached hydrogen (secondary N) is 3. The van der Waals surface area contributed by atoms with Gasteiger partial charge in [-0.15, -0.1) is 5.10 Å². The number of fused-ring (bicyclic) bond motifs is 1. The normalized spacial score (nSPS) is 12.7. The van der Waals surface area contributed by atoms with Crippen molar-refractivity contribution in [1.82, 2.24) is 45.5 Å². The van der Waals surface area contributed by atoms with Crippen molar-refractivity contribution in [1.29, 1.82) is 0 Å². The van der Waals surface area contributed by atoms with Crippen molar-refractivity contribution in [3.8, 4) is 22.6 Å². The standard InChI is InChI=1S/C18H17F3N10O/c1-9(17(32)23-7-18(19,20)21)25-14-4-10(15-27-29-30-28-15)3-13(26-14)12-6-31(2)16-11(12)5-22-8-24-16/h3-6,8-9H,7H2,1-2H3,(H,23,32)(H,25,26)(H,27,28,29,30)/t9-/m0/s1. The minimum Gasteiger partial charge on any atom is -0.359 e.